The van der Waals surface area contributed by atoms with Gasteiger partial charge in [-0.3, -0.25) is 4.79 Å². The van der Waals surface area contributed by atoms with Gasteiger partial charge in [0.15, 0.2) is 0 Å². The number of rotatable bonds is 5. The third-order valence-electron chi connectivity index (χ3n) is 2.59. The first-order chi connectivity index (χ1) is 9.52. The summed E-state index contributed by atoms with van der Waals surface area (Å²) in [4.78, 5) is 24.3. The lowest BCUT2D eigenvalue weighted by Gasteiger charge is -2.16. The highest BCUT2D eigenvalue weighted by Gasteiger charge is 2.17. The molecule has 1 rings (SSSR count). The number of hydrogen-bond acceptors (Lipinski definition) is 4. The van der Waals surface area contributed by atoms with E-state index in [4.69, 9.17) is 4.74 Å². The number of hydrogen-bond donors (Lipinski definition) is 0. The molecule has 1 aromatic rings. The lowest BCUT2D eigenvalue weighted by molar-refractivity contribution is -0.130. The summed E-state index contributed by atoms with van der Waals surface area (Å²) in [5.41, 5.74) is 0.961. The Labute approximate surface area is 118 Å². The second-order valence-electron chi connectivity index (χ2n) is 4.37. The van der Waals surface area contributed by atoms with E-state index in [2.05, 4.69) is 4.74 Å². The van der Waals surface area contributed by atoms with Crippen LogP contribution < -0.4 is 0 Å². The maximum atomic E-state index is 11.7. The molecule has 0 aliphatic heterocycles. The molecule has 1 aromatic carbocycles. The average Bonchev–Trinajstić information content (AvgIpc) is 2.45. The minimum atomic E-state index is -0.806. The molecule has 0 aromatic heterocycles. The highest BCUT2D eigenvalue weighted by molar-refractivity contribution is 5.77. The number of benzene rings is 1. The zero-order chi connectivity index (χ0) is 15.0. The quantitative estimate of drug-likeness (QED) is 0.775. The molecule has 5 heteroatoms. The third-order valence-corrected chi connectivity index (χ3v) is 2.59. The normalized spacial score (nSPS) is 11.9. The van der Waals surface area contributed by atoms with E-state index in [1.54, 1.807) is 26.2 Å². The molecule has 0 aliphatic rings. The van der Waals surface area contributed by atoms with Crippen LogP contribution in [0.25, 0.3) is 6.08 Å². The maximum absolute atomic E-state index is 11.7. The molecule has 0 radical (unpaired) electrons. The Morgan fingerprint density at radius 1 is 1.25 bits per heavy atom. The van der Waals surface area contributed by atoms with E-state index < -0.39 is 12.3 Å². The van der Waals surface area contributed by atoms with Crippen molar-refractivity contribution >= 4 is 18.1 Å². The van der Waals surface area contributed by atoms with Gasteiger partial charge in [0.25, 0.3) is 0 Å². The van der Waals surface area contributed by atoms with Crippen LogP contribution >= 0.6 is 0 Å². The van der Waals surface area contributed by atoms with Crippen LogP contribution in [0.2, 0.25) is 0 Å². The number of methoxy groups -OCH3 is 1. The molecule has 108 valence electrons. The molecule has 1 amide bonds. The lowest BCUT2D eigenvalue weighted by Crippen LogP contribution is -2.28. The van der Waals surface area contributed by atoms with Gasteiger partial charge >= 0.3 is 6.16 Å². The van der Waals surface area contributed by atoms with Crippen LogP contribution in [0, 0.1) is 0 Å². The van der Waals surface area contributed by atoms with E-state index in [-0.39, 0.29) is 12.3 Å². The summed E-state index contributed by atoms with van der Waals surface area (Å²) in [6, 6.07) is 9.55. The predicted molar refractivity (Wildman–Crippen MR) is 76.1 cm³/mol. The van der Waals surface area contributed by atoms with Crippen LogP contribution in [-0.2, 0) is 14.3 Å². The molecule has 5 nitrogen and oxygen atoms in total. The Balaban J connectivity index is 2.74. The number of amides is 1. The molecule has 0 fully saturated rings. The molecule has 0 N–H and O–H groups in total. The lowest BCUT2D eigenvalue weighted by atomic mass is 10.1. The van der Waals surface area contributed by atoms with Crippen LogP contribution in [0.5, 0.6) is 0 Å². The smallest absolute Gasteiger partial charge is 0.438 e. The summed E-state index contributed by atoms with van der Waals surface area (Å²) in [5, 5.41) is 0. The molecule has 0 spiro atoms. The zero-order valence-electron chi connectivity index (χ0n) is 11.9. The number of nitrogens with zero attached hydrogens (tertiary/aromatic N) is 1. The zero-order valence-corrected chi connectivity index (χ0v) is 11.9. The summed E-state index contributed by atoms with van der Waals surface area (Å²) in [7, 11) is 4.53. The van der Waals surface area contributed by atoms with Gasteiger partial charge in [-0.1, -0.05) is 36.4 Å². The monoisotopic (exact) mass is 277 g/mol. The molecule has 0 saturated carbocycles. The Morgan fingerprint density at radius 2 is 1.90 bits per heavy atom. The Hall–Kier alpha value is -2.30. The fraction of sp³-hybridized carbons (Fsp3) is 0.333. The van der Waals surface area contributed by atoms with Gasteiger partial charge in [-0.25, -0.2) is 4.79 Å². The van der Waals surface area contributed by atoms with Crippen LogP contribution in [0.3, 0.4) is 0 Å². The Kier molecular flexibility index (Phi) is 6.29. The second-order valence-corrected chi connectivity index (χ2v) is 4.37. The van der Waals surface area contributed by atoms with Gasteiger partial charge in [-0.05, 0) is 11.6 Å². The fourth-order valence-electron chi connectivity index (χ4n) is 1.46. The van der Waals surface area contributed by atoms with E-state index >= 15 is 0 Å². The minimum Gasteiger partial charge on any atom is -0.438 e. The summed E-state index contributed by atoms with van der Waals surface area (Å²) in [5.74, 6) is -0.128. The topological polar surface area (TPSA) is 55.8 Å². The molecule has 0 bridgehead atoms. The van der Waals surface area contributed by atoms with Gasteiger partial charge in [-0.2, -0.15) is 0 Å². The molecule has 1 atom stereocenters. The number of ether oxygens (including phenoxy) is 2. The molecule has 0 saturated heterocycles. The van der Waals surface area contributed by atoms with E-state index in [9.17, 15) is 9.59 Å². The van der Waals surface area contributed by atoms with E-state index in [1.807, 2.05) is 30.3 Å². The van der Waals surface area contributed by atoms with Gasteiger partial charge in [-0.15, -0.1) is 0 Å². The van der Waals surface area contributed by atoms with Gasteiger partial charge in [0, 0.05) is 14.1 Å². The molecule has 20 heavy (non-hydrogen) atoms. The SMILES string of the molecule is COC(=O)OC(/C=C/c1ccccc1)CC(=O)N(C)C. The van der Waals surface area contributed by atoms with Crippen molar-refractivity contribution in [1.29, 1.82) is 0 Å². The summed E-state index contributed by atoms with van der Waals surface area (Å²) in [6.07, 6.45) is 2.09. The highest BCUT2D eigenvalue weighted by Crippen LogP contribution is 2.09. The molecular weight excluding hydrogens is 258 g/mol. The van der Waals surface area contributed by atoms with Crippen LogP contribution in [-0.4, -0.2) is 44.3 Å². The Bertz CT molecular complexity index is 468. The summed E-state index contributed by atoms with van der Waals surface area (Å²) < 4.78 is 9.50. The maximum Gasteiger partial charge on any atom is 0.508 e. The molecule has 0 heterocycles. The van der Waals surface area contributed by atoms with Gasteiger partial charge in [0.2, 0.25) is 5.91 Å². The summed E-state index contributed by atoms with van der Waals surface area (Å²) in [6.45, 7) is 0. The Morgan fingerprint density at radius 3 is 2.45 bits per heavy atom. The van der Waals surface area contributed by atoms with Crippen molar-refractivity contribution in [1.82, 2.24) is 4.90 Å². The molecule has 0 aliphatic carbocycles. The average molecular weight is 277 g/mol. The molecule has 1 unspecified atom stereocenters. The van der Waals surface area contributed by atoms with E-state index in [1.165, 1.54) is 12.0 Å². The van der Waals surface area contributed by atoms with Gasteiger partial charge in [0.1, 0.15) is 6.10 Å². The van der Waals surface area contributed by atoms with Crippen molar-refractivity contribution in [3.05, 3.63) is 42.0 Å². The first-order valence-electron chi connectivity index (χ1n) is 6.21. The van der Waals surface area contributed by atoms with Crippen molar-refractivity contribution in [2.75, 3.05) is 21.2 Å². The van der Waals surface area contributed by atoms with Crippen molar-refractivity contribution in [2.24, 2.45) is 0 Å². The van der Waals surface area contributed by atoms with E-state index in [0.717, 1.165) is 5.56 Å². The number of carbonyl (C=O) groups is 2. The van der Waals surface area contributed by atoms with Crippen molar-refractivity contribution in [3.63, 3.8) is 0 Å². The van der Waals surface area contributed by atoms with Gasteiger partial charge < -0.3 is 14.4 Å². The number of carbonyl (C=O) groups excluding carboxylic acids is 2. The summed E-state index contributed by atoms with van der Waals surface area (Å²) >= 11 is 0. The minimum absolute atomic E-state index is 0.0748. The fourth-order valence-corrected chi connectivity index (χ4v) is 1.46. The van der Waals surface area contributed by atoms with Crippen LogP contribution in [0.4, 0.5) is 4.79 Å². The highest BCUT2D eigenvalue weighted by atomic mass is 16.7. The van der Waals surface area contributed by atoms with Crippen LogP contribution in [0.15, 0.2) is 36.4 Å². The standard InChI is InChI=1S/C15H19NO4/c1-16(2)14(17)11-13(20-15(18)19-3)10-9-12-7-5-4-6-8-12/h4-10,13H,11H2,1-3H3/b10-9+. The first-order valence-corrected chi connectivity index (χ1v) is 6.21. The first kappa shape index (κ1) is 15.8. The van der Waals surface area contributed by atoms with Crippen molar-refractivity contribution in [3.8, 4) is 0 Å². The van der Waals surface area contributed by atoms with Gasteiger partial charge in [0.05, 0.1) is 13.5 Å². The van der Waals surface area contributed by atoms with E-state index in [0.29, 0.717) is 0 Å². The predicted octanol–water partition coefficient (Wildman–Crippen LogP) is 2.33. The van der Waals surface area contributed by atoms with Crippen molar-refractivity contribution < 1.29 is 19.1 Å². The van der Waals surface area contributed by atoms with Crippen molar-refractivity contribution in [2.45, 2.75) is 12.5 Å². The van der Waals surface area contributed by atoms with Crippen LogP contribution in [0.1, 0.15) is 12.0 Å². The molecular formula is C15H19NO4. The third kappa shape index (κ3) is 5.56. The largest absolute Gasteiger partial charge is 0.508 e. The second kappa shape index (κ2) is 7.99.